The Bertz CT molecular complexity index is 588. The van der Waals surface area contributed by atoms with Crippen LogP contribution in [0.1, 0.15) is 26.7 Å². The van der Waals surface area contributed by atoms with Gasteiger partial charge in [-0.05, 0) is 18.6 Å². The molecule has 0 bridgehead atoms. The predicted molar refractivity (Wildman–Crippen MR) is 89.3 cm³/mol. The maximum absolute atomic E-state index is 11.7. The number of hydrogen-bond acceptors (Lipinski definition) is 4. The van der Waals surface area contributed by atoms with Gasteiger partial charge in [-0.15, -0.1) is 0 Å². The Kier molecular flexibility index (Phi) is 5.47. The van der Waals surface area contributed by atoms with E-state index >= 15 is 0 Å². The quantitative estimate of drug-likeness (QED) is 0.835. The van der Waals surface area contributed by atoms with E-state index in [-0.39, 0.29) is 12.5 Å². The van der Waals surface area contributed by atoms with E-state index in [2.05, 4.69) is 11.8 Å². The van der Waals surface area contributed by atoms with Gasteiger partial charge in [0.15, 0.2) is 6.61 Å². The summed E-state index contributed by atoms with van der Waals surface area (Å²) in [6, 6.07) is 5.66. The largest absolute Gasteiger partial charge is 0.481 e. The number of likely N-dealkylation sites (N-methyl/N-ethyl adjacent to an activating group) is 1. The fraction of sp³-hybridized carbons (Fsp3) is 0.529. The van der Waals surface area contributed by atoms with Crippen LogP contribution in [0.2, 0.25) is 0 Å². The second kappa shape index (κ2) is 7.35. The van der Waals surface area contributed by atoms with Crippen LogP contribution in [0.25, 0.3) is 0 Å². The molecule has 0 aromatic heterocycles. The number of amides is 1. The number of benzene rings is 1. The molecule has 1 amide bonds. The lowest BCUT2D eigenvalue weighted by molar-refractivity contribution is -0.140. The van der Waals surface area contributed by atoms with E-state index in [0.717, 1.165) is 30.8 Å². The summed E-state index contributed by atoms with van der Waals surface area (Å²) in [5, 5.41) is 9.16. The van der Waals surface area contributed by atoms with Crippen molar-refractivity contribution < 1.29 is 19.4 Å². The van der Waals surface area contributed by atoms with Crippen molar-refractivity contribution in [3.05, 3.63) is 18.2 Å². The second-order valence-electron chi connectivity index (χ2n) is 5.93. The van der Waals surface area contributed by atoms with E-state index in [9.17, 15) is 9.59 Å². The third kappa shape index (κ3) is 3.94. The van der Waals surface area contributed by atoms with Crippen LogP contribution >= 0.6 is 0 Å². The minimum atomic E-state index is -0.800. The van der Waals surface area contributed by atoms with Gasteiger partial charge in [-0.3, -0.25) is 9.59 Å². The first-order valence-electron chi connectivity index (χ1n) is 7.95. The molecule has 1 aromatic carbocycles. The Balaban J connectivity index is 2.24. The van der Waals surface area contributed by atoms with E-state index in [4.69, 9.17) is 9.84 Å². The van der Waals surface area contributed by atoms with Crippen LogP contribution < -0.4 is 14.5 Å². The van der Waals surface area contributed by atoms with Gasteiger partial charge >= 0.3 is 5.97 Å². The molecule has 2 rings (SSSR count). The lowest BCUT2D eigenvalue weighted by Crippen LogP contribution is -2.36. The zero-order chi connectivity index (χ0) is 17.0. The first kappa shape index (κ1) is 17.1. The summed E-state index contributed by atoms with van der Waals surface area (Å²) in [5.74, 6) is -0.666. The van der Waals surface area contributed by atoms with E-state index in [1.54, 1.807) is 18.9 Å². The summed E-state index contributed by atoms with van der Waals surface area (Å²) in [6.45, 7) is 5.09. The van der Waals surface area contributed by atoms with Crippen LogP contribution in [0.5, 0.6) is 5.75 Å². The highest BCUT2D eigenvalue weighted by molar-refractivity contribution is 5.97. The fourth-order valence-electron chi connectivity index (χ4n) is 2.55. The minimum absolute atomic E-state index is 0.0352. The SMILES string of the molecule is CCCCN(CC(C)C(=O)O)c1ccc2c(c1)OCC(=O)N2C. The van der Waals surface area contributed by atoms with Crippen LogP contribution in [-0.2, 0) is 9.59 Å². The van der Waals surface area contributed by atoms with Crippen molar-refractivity contribution in [2.45, 2.75) is 26.7 Å². The molecule has 0 saturated carbocycles. The average molecular weight is 320 g/mol. The van der Waals surface area contributed by atoms with Gasteiger partial charge in [0.1, 0.15) is 5.75 Å². The molecule has 0 saturated heterocycles. The molecule has 0 fully saturated rings. The smallest absolute Gasteiger partial charge is 0.308 e. The number of anilines is 2. The summed E-state index contributed by atoms with van der Waals surface area (Å²) in [7, 11) is 1.73. The van der Waals surface area contributed by atoms with Crippen LogP contribution in [0, 0.1) is 5.92 Å². The molecule has 1 aliphatic heterocycles. The minimum Gasteiger partial charge on any atom is -0.481 e. The van der Waals surface area contributed by atoms with Crippen LogP contribution in [0.15, 0.2) is 18.2 Å². The van der Waals surface area contributed by atoms with Gasteiger partial charge in [0.25, 0.3) is 5.91 Å². The number of nitrogens with zero attached hydrogens (tertiary/aromatic N) is 2. The van der Waals surface area contributed by atoms with Gasteiger partial charge in [-0.2, -0.15) is 0 Å². The second-order valence-corrected chi connectivity index (χ2v) is 5.93. The van der Waals surface area contributed by atoms with E-state index < -0.39 is 11.9 Å². The van der Waals surface area contributed by atoms with Crippen molar-refractivity contribution >= 4 is 23.3 Å². The van der Waals surface area contributed by atoms with Crippen molar-refractivity contribution in [3.63, 3.8) is 0 Å². The molecule has 23 heavy (non-hydrogen) atoms. The highest BCUT2D eigenvalue weighted by Crippen LogP contribution is 2.35. The molecular formula is C17H24N2O4. The Hall–Kier alpha value is -2.24. The maximum Gasteiger partial charge on any atom is 0.308 e. The predicted octanol–water partition coefficient (Wildman–Crippen LogP) is 2.37. The van der Waals surface area contributed by atoms with Crippen molar-refractivity contribution in [2.24, 2.45) is 5.92 Å². The molecule has 0 radical (unpaired) electrons. The normalized spacial score (nSPS) is 14.9. The van der Waals surface area contributed by atoms with Gasteiger partial charge in [-0.25, -0.2) is 0 Å². The maximum atomic E-state index is 11.7. The first-order valence-corrected chi connectivity index (χ1v) is 7.95. The Morgan fingerprint density at radius 1 is 1.48 bits per heavy atom. The number of carbonyl (C=O) groups is 2. The summed E-state index contributed by atoms with van der Waals surface area (Å²) >= 11 is 0. The van der Waals surface area contributed by atoms with Gasteiger partial charge in [0.05, 0.1) is 11.6 Å². The van der Waals surface area contributed by atoms with Crippen molar-refractivity contribution in [3.8, 4) is 5.75 Å². The van der Waals surface area contributed by atoms with Gasteiger partial charge in [0, 0.05) is 31.9 Å². The standard InChI is InChI=1S/C17H24N2O4/c1-4-5-8-19(10-12(2)17(21)22)13-6-7-14-15(9-13)23-11-16(20)18(14)3/h6-7,9,12H,4-5,8,10-11H2,1-3H3,(H,21,22). The zero-order valence-corrected chi connectivity index (χ0v) is 13.9. The summed E-state index contributed by atoms with van der Waals surface area (Å²) in [5.41, 5.74) is 1.67. The number of rotatable bonds is 7. The molecule has 0 spiro atoms. The fourth-order valence-corrected chi connectivity index (χ4v) is 2.55. The summed E-state index contributed by atoms with van der Waals surface area (Å²) in [4.78, 5) is 26.5. The molecule has 0 aliphatic carbocycles. The average Bonchev–Trinajstić information content (AvgIpc) is 2.54. The number of fused-ring (bicyclic) bond motifs is 1. The Morgan fingerprint density at radius 3 is 2.87 bits per heavy atom. The number of hydrogen-bond donors (Lipinski definition) is 1. The van der Waals surface area contributed by atoms with Crippen LogP contribution in [0.4, 0.5) is 11.4 Å². The number of ether oxygens (including phenoxy) is 1. The highest BCUT2D eigenvalue weighted by atomic mass is 16.5. The molecule has 1 unspecified atom stereocenters. The highest BCUT2D eigenvalue weighted by Gasteiger charge is 2.24. The van der Waals surface area contributed by atoms with Crippen LogP contribution in [-0.4, -0.2) is 43.7 Å². The summed E-state index contributed by atoms with van der Waals surface area (Å²) in [6.07, 6.45) is 2.03. The molecule has 1 heterocycles. The molecule has 1 aromatic rings. The number of carboxylic acids is 1. The third-order valence-electron chi connectivity index (χ3n) is 4.09. The molecule has 1 atom stereocenters. The van der Waals surface area contributed by atoms with Gasteiger partial charge in [0.2, 0.25) is 0 Å². The van der Waals surface area contributed by atoms with E-state index in [1.807, 2.05) is 18.2 Å². The van der Waals surface area contributed by atoms with Crippen molar-refractivity contribution in [2.75, 3.05) is 36.5 Å². The van der Waals surface area contributed by atoms with Crippen LogP contribution in [0.3, 0.4) is 0 Å². The van der Waals surface area contributed by atoms with Gasteiger partial charge in [-0.1, -0.05) is 20.3 Å². The molecule has 6 heteroatoms. The van der Waals surface area contributed by atoms with E-state index in [0.29, 0.717) is 12.3 Å². The monoisotopic (exact) mass is 320 g/mol. The molecule has 6 nitrogen and oxygen atoms in total. The van der Waals surface area contributed by atoms with Gasteiger partial charge < -0.3 is 19.6 Å². The molecule has 126 valence electrons. The number of carbonyl (C=O) groups excluding carboxylic acids is 1. The lowest BCUT2D eigenvalue weighted by Gasteiger charge is -2.30. The molecule has 1 N–H and O–H groups in total. The Morgan fingerprint density at radius 2 is 2.22 bits per heavy atom. The Labute approximate surface area is 136 Å². The lowest BCUT2D eigenvalue weighted by atomic mass is 10.1. The zero-order valence-electron chi connectivity index (χ0n) is 13.9. The topological polar surface area (TPSA) is 70.1 Å². The summed E-state index contributed by atoms with van der Waals surface area (Å²) < 4.78 is 5.52. The third-order valence-corrected chi connectivity index (χ3v) is 4.09. The molecule has 1 aliphatic rings. The van der Waals surface area contributed by atoms with E-state index in [1.165, 1.54) is 0 Å². The first-order chi connectivity index (χ1) is 10.9. The van der Waals surface area contributed by atoms with Crippen molar-refractivity contribution in [1.82, 2.24) is 0 Å². The number of aliphatic carboxylic acids is 1. The number of unbranched alkanes of at least 4 members (excludes halogenated alkanes) is 1. The number of carboxylic acid groups (broad SMARTS) is 1. The van der Waals surface area contributed by atoms with Crippen molar-refractivity contribution in [1.29, 1.82) is 0 Å². The molecular weight excluding hydrogens is 296 g/mol.